The fourth-order valence-corrected chi connectivity index (χ4v) is 2.36. The van der Waals surface area contributed by atoms with E-state index < -0.39 is 0 Å². The second-order valence-electron chi connectivity index (χ2n) is 3.99. The summed E-state index contributed by atoms with van der Waals surface area (Å²) in [5, 5.41) is 4.85. The molecule has 1 aromatic heterocycles. The molecule has 1 aromatic carbocycles. The summed E-state index contributed by atoms with van der Waals surface area (Å²) in [5.74, 6) is -0.323. The molecule has 0 fully saturated rings. The smallest absolute Gasteiger partial charge is 0.214 e. The minimum atomic E-state index is -0.323. The number of carbonyl (C=O) groups is 1. The Hall–Kier alpha value is -1.07. The van der Waals surface area contributed by atoms with Crippen molar-refractivity contribution >= 4 is 40.6 Å². The first kappa shape index (κ1) is 15.3. The van der Waals surface area contributed by atoms with Gasteiger partial charge >= 0.3 is 0 Å². The molecular formula is C13H11Cl3N2O2. The number of ketones is 1. The maximum absolute atomic E-state index is 12.6. The number of rotatable bonds is 5. The molecule has 4 nitrogen and oxygen atoms in total. The zero-order chi connectivity index (χ0) is 14.7. The Morgan fingerprint density at radius 1 is 1.30 bits per heavy atom. The summed E-state index contributed by atoms with van der Waals surface area (Å²) in [6, 6.07) is 4.87. The second-order valence-corrected chi connectivity index (χ2v) is 5.18. The maximum Gasteiger partial charge on any atom is 0.214 e. The van der Waals surface area contributed by atoms with E-state index in [4.69, 9.17) is 39.5 Å². The number of carbonyl (C=O) groups excluding carboxylic acids is 1. The van der Waals surface area contributed by atoms with Gasteiger partial charge in [0.15, 0.2) is 0 Å². The van der Waals surface area contributed by atoms with E-state index in [1.807, 2.05) is 0 Å². The molecule has 0 aliphatic heterocycles. The fourth-order valence-electron chi connectivity index (χ4n) is 1.74. The van der Waals surface area contributed by atoms with Gasteiger partial charge in [0.1, 0.15) is 5.69 Å². The quantitative estimate of drug-likeness (QED) is 0.783. The average molecular weight is 334 g/mol. The van der Waals surface area contributed by atoms with Crippen LogP contribution in [0, 0.1) is 0 Å². The number of methoxy groups -OCH3 is 1. The van der Waals surface area contributed by atoms with E-state index >= 15 is 0 Å². The molecule has 0 amide bonds. The molecule has 1 heterocycles. The molecule has 0 spiro atoms. The highest BCUT2D eigenvalue weighted by molar-refractivity contribution is 6.44. The van der Waals surface area contributed by atoms with Crippen LogP contribution in [0.5, 0.6) is 0 Å². The molecule has 0 N–H and O–H groups in total. The van der Waals surface area contributed by atoms with Crippen molar-refractivity contribution in [2.24, 2.45) is 0 Å². The Balaban J connectivity index is 2.43. The summed E-state index contributed by atoms with van der Waals surface area (Å²) >= 11 is 18.0. The summed E-state index contributed by atoms with van der Waals surface area (Å²) in [6.07, 6.45) is 1.42. The third kappa shape index (κ3) is 2.99. The maximum atomic E-state index is 12.6. The third-order valence-electron chi connectivity index (χ3n) is 2.71. The van der Waals surface area contributed by atoms with E-state index in [9.17, 15) is 4.79 Å². The van der Waals surface area contributed by atoms with Crippen molar-refractivity contribution in [2.45, 2.75) is 6.54 Å². The Bertz CT molecular complexity index is 641. The lowest BCUT2D eigenvalue weighted by Gasteiger charge is -2.08. The van der Waals surface area contributed by atoms with E-state index in [-0.39, 0.29) is 21.5 Å². The molecular weight excluding hydrogens is 323 g/mol. The average Bonchev–Trinajstić information content (AvgIpc) is 2.80. The van der Waals surface area contributed by atoms with Gasteiger partial charge in [-0.15, -0.1) is 0 Å². The predicted molar refractivity (Wildman–Crippen MR) is 79.0 cm³/mol. The Morgan fingerprint density at radius 3 is 2.75 bits per heavy atom. The SMILES string of the molecule is COCCn1ncc(Cl)c1C(=O)c1cccc(Cl)c1Cl. The van der Waals surface area contributed by atoms with Crippen molar-refractivity contribution < 1.29 is 9.53 Å². The number of ether oxygens (including phenoxy) is 1. The van der Waals surface area contributed by atoms with Gasteiger partial charge in [-0.3, -0.25) is 9.48 Å². The number of halogens is 3. The summed E-state index contributed by atoms with van der Waals surface area (Å²) in [4.78, 5) is 12.6. The normalized spacial score (nSPS) is 10.8. The standard InChI is InChI=1S/C13H11Cl3N2O2/c1-20-6-5-18-12(10(15)7-17-18)13(19)8-3-2-4-9(14)11(8)16/h2-4,7H,5-6H2,1H3. The van der Waals surface area contributed by atoms with Crippen LogP contribution in [-0.4, -0.2) is 29.3 Å². The lowest BCUT2D eigenvalue weighted by atomic mass is 10.1. The first-order valence-corrected chi connectivity index (χ1v) is 6.88. The largest absolute Gasteiger partial charge is 0.383 e. The van der Waals surface area contributed by atoms with Crippen molar-refractivity contribution in [1.82, 2.24) is 9.78 Å². The number of nitrogens with zero attached hydrogens (tertiary/aromatic N) is 2. The minimum absolute atomic E-state index is 0.203. The molecule has 0 aliphatic rings. The molecule has 0 saturated carbocycles. The van der Waals surface area contributed by atoms with Crippen molar-refractivity contribution in [3.8, 4) is 0 Å². The van der Waals surface area contributed by atoms with E-state index in [1.54, 1.807) is 25.3 Å². The molecule has 7 heteroatoms. The topological polar surface area (TPSA) is 44.1 Å². The molecule has 0 saturated heterocycles. The molecule has 106 valence electrons. The number of benzene rings is 1. The lowest BCUT2D eigenvalue weighted by Crippen LogP contribution is -2.15. The van der Waals surface area contributed by atoms with Crippen LogP contribution in [0.4, 0.5) is 0 Å². The third-order valence-corrected chi connectivity index (χ3v) is 3.81. The molecule has 0 unspecified atom stereocenters. The predicted octanol–water partition coefficient (Wildman–Crippen LogP) is 3.72. The first-order valence-electron chi connectivity index (χ1n) is 5.75. The molecule has 2 rings (SSSR count). The van der Waals surface area contributed by atoms with Gasteiger partial charge in [0, 0.05) is 12.7 Å². The zero-order valence-electron chi connectivity index (χ0n) is 10.6. The summed E-state index contributed by atoms with van der Waals surface area (Å²) < 4.78 is 6.47. The molecule has 0 atom stereocenters. The summed E-state index contributed by atoms with van der Waals surface area (Å²) in [6.45, 7) is 0.837. The van der Waals surface area contributed by atoms with Gasteiger partial charge in [-0.1, -0.05) is 40.9 Å². The molecule has 2 aromatic rings. The molecule has 20 heavy (non-hydrogen) atoms. The van der Waals surface area contributed by atoms with Gasteiger partial charge in [0.05, 0.1) is 34.4 Å². The minimum Gasteiger partial charge on any atom is -0.383 e. The van der Waals surface area contributed by atoms with Crippen molar-refractivity contribution in [3.63, 3.8) is 0 Å². The second kappa shape index (κ2) is 6.59. The van der Waals surface area contributed by atoms with E-state index in [1.165, 1.54) is 10.9 Å². The van der Waals surface area contributed by atoms with Gasteiger partial charge in [0.25, 0.3) is 0 Å². The van der Waals surface area contributed by atoms with Crippen LogP contribution in [0.15, 0.2) is 24.4 Å². The van der Waals surface area contributed by atoms with Gasteiger partial charge in [-0.05, 0) is 12.1 Å². The zero-order valence-corrected chi connectivity index (χ0v) is 12.8. The van der Waals surface area contributed by atoms with Crippen LogP contribution in [0.25, 0.3) is 0 Å². The van der Waals surface area contributed by atoms with Crippen LogP contribution in [0.2, 0.25) is 15.1 Å². The summed E-state index contributed by atoms with van der Waals surface area (Å²) in [5.41, 5.74) is 0.563. The first-order chi connectivity index (χ1) is 9.56. The monoisotopic (exact) mass is 332 g/mol. The Morgan fingerprint density at radius 2 is 2.05 bits per heavy atom. The van der Waals surface area contributed by atoms with Crippen LogP contribution in [0.1, 0.15) is 16.1 Å². The number of hydrogen-bond donors (Lipinski definition) is 0. The van der Waals surface area contributed by atoms with Gasteiger partial charge in [-0.2, -0.15) is 5.10 Å². The highest BCUT2D eigenvalue weighted by atomic mass is 35.5. The fraction of sp³-hybridized carbons (Fsp3) is 0.231. The van der Waals surface area contributed by atoms with Crippen LogP contribution in [0.3, 0.4) is 0 Å². The molecule has 0 bridgehead atoms. The number of hydrogen-bond acceptors (Lipinski definition) is 3. The number of aromatic nitrogens is 2. The highest BCUT2D eigenvalue weighted by Gasteiger charge is 2.22. The van der Waals surface area contributed by atoms with Gasteiger partial charge in [-0.25, -0.2) is 0 Å². The summed E-state index contributed by atoms with van der Waals surface area (Å²) in [7, 11) is 1.57. The van der Waals surface area contributed by atoms with E-state index in [0.717, 1.165) is 0 Å². The van der Waals surface area contributed by atoms with E-state index in [0.29, 0.717) is 23.7 Å². The van der Waals surface area contributed by atoms with Crippen molar-refractivity contribution in [3.05, 3.63) is 50.7 Å². The van der Waals surface area contributed by atoms with Gasteiger partial charge in [0.2, 0.25) is 5.78 Å². The molecule has 0 aliphatic carbocycles. The van der Waals surface area contributed by atoms with Crippen LogP contribution >= 0.6 is 34.8 Å². The van der Waals surface area contributed by atoms with Gasteiger partial charge < -0.3 is 4.74 Å². The Labute approximate surface area is 131 Å². The van der Waals surface area contributed by atoms with Crippen LogP contribution < -0.4 is 0 Å². The Kier molecular flexibility index (Phi) is 5.05. The van der Waals surface area contributed by atoms with Crippen molar-refractivity contribution in [2.75, 3.05) is 13.7 Å². The highest BCUT2D eigenvalue weighted by Crippen LogP contribution is 2.29. The molecule has 0 radical (unpaired) electrons. The van der Waals surface area contributed by atoms with E-state index in [2.05, 4.69) is 5.10 Å². The van der Waals surface area contributed by atoms with Crippen molar-refractivity contribution in [1.29, 1.82) is 0 Å². The van der Waals surface area contributed by atoms with Crippen LogP contribution in [-0.2, 0) is 11.3 Å². The lowest BCUT2D eigenvalue weighted by molar-refractivity contribution is 0.102.